The van der Waals surface area contributed by atoms with Crippen LogP contribution in [0, 0.1) is 41.4 Å². The van der Waals surface area contributed by atoms with Crippen LogP contribution in [-0.2, 0) is 14.3 Å². The zero-order valence-electron chi connectivity index (χ0n) is 16.7. The van der Waals surface area contributed by atoms with Gasteiger partial charge in [0.05, 0.1) is 12.0 Å². The summed E-state index contributed by atoms with van der Waals surface area (Å²) in [5.74, 6) is 4.86. The van der Waals surface area contributed by atoms with Gasteiger partial charge in [-0.1, -0.05) is 27.7 Å². The van der Waals surface area contributed by atoms with Gasteiger partial charge in [0.2, 0.25) is 0 Å². The quantitative estimate of drug-likeness (QED) is 0.454. The van der Waals surface area contributed by atoms with E-state index in [1.165, 1.54) is 32.1 Å². The molecule has 0 aliphatic heterocycles. The van der Waals surface area contributed by atoms with Gasteiger partial charge in [-0.2, -0.15) is 0 Å². The first kappa shape index (κ1) is 19.2. The third-order valence-corrected chi connectivity index (χ3v) is 7.73. The van der Waals surface area contributed by atoms with Gasteiger partial charge >= 0.3 is 5.97 Å². The van der Waals surface area contributed by atoms with Crippen molar-refractivity contribution in [3.05, 3.63) is 0 Å². The highest BCUT2D eigenvalue weighted by Crippen LogP contribution is 2.54. The van der Waals surface area contributed by atoms with E-state index < -0.39 is 0 Å². The van der Waals surface area contributed by atoms with E-state index in [4.69, 9.17) is 9.47 Å². The zero-order valence-corrected chi connectivity index (χ0v) is 16.7. The Kier molecular flexibility index (Phi) is 6.46. The Labute approximate surface area is 154 Å². The van der Waals surface area contributed by atoms with Crippen molar-refractivity contribution in [2.75, 3.05) is 6.79 Å². The maximum atomic E-state index is 12.3. The van der Waals surface area contributed by atoms with E-state index in [1.54, 1.807) is 0 Å². The van der Waals surface area contributed by atoms with Crippen LogP contribution in [0.15, 0.2) is 0 Å². The molecule has 2 bridgehead atoms. The summed E-state index contributed by atoms with van der Waals surface area (Å²) in [5.41, 5.74) is 0. The Balaban J connectivity index is 1.33. The summed E-state index contributed by atoms with van der Waals surface area (Å²) in [5, 5.41) is 0. The minimum atomic E-state index is -0.0640. The lowest BCUT2D eigenvalue weighted by molar-refractivity contribution is -0.167. The van der Waals surface area contributed by atoms with Crippen molar-refractivity contribution in [1.82, 2.24) is 0 Å². The van der Waals surface area contributed by atoms with E-state index in [1.807, 2.05) is 6.92 Å². The number of hydrogen-bond donors (Lipinski definition) is 0. The van der Waals surface area contributed by atoms with Crippen molar-refractivity contribution >= 4 is 5.97 Å². The van der Waals surface area contributed by atoms with Gasteiger partial charge in [0.15, 0.2) is 6.79 Å². The molecule has 0 amide bonds. The van der Waals surface area contributed by atoms with Crippen LogP contribution < -0.4 is 0 Å². The monoisotopic (exact) mass is 350 g/mol. The smallest absolute Gasteiger partial charge is 0.310 e. The molecule has 3 saturated carbocycles. The Bertz CT molecular complexity index is 437. The van der Waals surface area contributed by atoms with E-state index in [2.05, 4.69) is 20.8 Å². The Morgan fingerprint density at radius 3 is 2.28 bits per heavy atom. The molecule has 144 valence electrons. The van der Waals surface area contributed by atoms with Crippen LogP contribution in [-0.4, -0.2) is 18.9 Å². The van der Waals surface area contributed by atoms with Crippen LogP contribution in [0.2, 0.25) is 0 Å². The van der Waals surface area contributed by atoms with E-state index >= 15 is 0 Å². The second-order valence-corrected chi connectivity index (χ2v) is 9.52. The summed E-state index contributed by atoms with van der Waals surface area (Å²) in [6.45, 7) is 9.20. The average Bonchev–Trinajstić information content (AvgIpc) is 3.18. The number of carbonyl (C=O) groups excluding carboxylic acids is 1. The molecule has 0 aromatic carbocycles. The predicted octanol–water partition coefficient (Wildman–Crippen LogP) is 5.43. The minimum absolute atomic E-state index is 0.00655. The number of esters is 1. The molecule has 0 saturated heterocycles. The van der Waals surface area contributed by atoms with E-state index in [0.717, 1.165) is 54.8 Å². The third-order valence-electron chi connectivity index (χ3n) is 7.73. The van der Waals surface area contributed by atoms with Crippen LogP contribution in [0.5, 0.6) is 0 Å². The molecule has 0 heterocycles. The fourth-order valence-electron chi connectivity index (χ4n) is 5.86. The Morgan fingerprint density at radius 2 is 1.68 bits per heavy atom. The highest BCUT2D eigenvalue weighted by Gasteiger charge is 2.45. The zero-order chi connectivity index (χ0) is 18.0. The molecule has 0 aromatic rings. The molecular formula is C22H38O3. The first-order chi connectivity index (χ1) is 12.0. The van der Waals surface area contributed by atoms with Gasteiger partial charge in [0.25, 0.3) is 0 Å². The maximum Gasteiger partial charge on any atom is 0.310 e. The summed E-state index contributed by atoms with van der Waals surface area (Å²) in [6.07, 6.45) is 10.2. The van der Waals surface area contributed by atoms with Gasteiger partial charge in [-0.3, -0.25) is 4.79 Å². The molecule has 3 fully saturated rings. The first-order valence-electron chi connectivity index (χ1n) is 10.7. The topological polar surface area (TPSA) is 35.5 Å². The van der Waals surface area contributed by atoms with Gasteiger partial charge in [-0.05, 0) is 86.9 Å². The molecule has 0 aromatic heterocycles. The summed E-state index contributed by atoms with van der Waals surface area (Å²) in [7, 11) is 0. The van der Waals surface area contributed by atoms with Gasteiger partial charge < -0.3 is 9.47 Å². The molecule has 25 heavy (non-hydrogen) atoms. The lowest BCUT2D eigenvalue weighted by atomic mass is 9.76. The van der Waals surface area contributed by atoms with Crippen LogP contribution in [0.4, 0.5) is 0 Å². The molecule has 3 rings (SSSR count). The second kappa shape index (κ2) is 8.41. The van der Waals surface area contributed by atoms with Crippen LogP contribution in [0.25, 0.3) is 0 Å². The van der Waals surface area contributed by atoms with Crippen molar-refractivity contribution in [2.45, 2.75) is 85.2 Å². The largest absolute Gasteiger partial charge is 0.438 e. The minimum Gasteiger partial charge on any atom is -0.438 e. The number of hydrogen-bond acceptors (Lipinski definition) is 3. The Morgan fingerprint density at radius 1 is 1.00 bits per heavy atom. The maximum absolute atomic E-state index is 12.3. The third kappa shape index (κ3) is 4.59. The first-order valence-corrected chi connectivity index (χ1v) is 10.7. The average molecular weight is 351 g/mol. The van der Waals surface area contributed by atoms with Crippen molar-refractivity contribution in [2.24, 2.45) is 41.4 Å². The predicted molar refractivity (Wildman–Crippen MR) is 99.9 cm³/mol. The van der Waals surface area contributed by atoms with E-state index in [9.17, 15) is 4.79 Å². The molecule has 3 heteroatoms. The van der Waals surface area contributed by atoms with Gasteiger partial charge in [0.1, 0.15) is 0 Å². The standard InChI is InChI=1S/C22H38O3/c1-14(2)17-7-9-20(10-8-17)24-13-25-22(23)15(3)11-21-16(4)18-5-6-19(21)12-18/h14-21H,5-13H2,1-4H3. The molecular weight excluding hydrogens is 312 g/mol. The highest BCUT2D eigenvalue weighted by molar-refractivity contribution is 5.71. The summed E-state index contributed by atoms with van der Waals surface area (Å²) in [6, 6.07) is 0. The van der Waals surface area contributed by atoms with Crippen molar-refractivity contribution < 1.29 is 14.3 Å². The number of rotatable bonds is 7. The lowest BCUT2D eigenvalue weighted by Crippen LogP contribution is -2.28. The van der Waals surface area contributed by atoms with Gasteiger partial charge in [-0.15, -0.1) is 0 Å². The summed E-state index contributed by atoms with van der Waals surface area (Å²) in [4.78, 5) is 12.3. The van der Waals surface area contributed by atoms with Crippen LogP contribution in [0.3, 0.4) is 0 Å². The number of carbonyl (C=O) groups is 1. The molecule has 3 aliphatic rings. The van der Waals surface area contributed by atoms with Crippen molar-refractivity contribution in [3.8, 4) is 0 Å². The van der Waals surface area contributed by atoms with Crippen molar-refractivity contribution in [3.63, 3.8) is 0 Å². The fourth-order valence-corrected chi connectivity index (χ4v) is 5.86. The molecule has 0 radical (unpaired) electrons. The molecule has 3 nitrogen and oxygen atoms in total. The van der Waals surface area contributed by atoms with E-state index in [-0.39, 0.29) is 24.8 Å². The Hall–Kier alpha value is -0.570. The second-order valence-electron chi connectivity index (χ2n) is 9.52. The number of ether oxygens (including phenoxy) is 2. The molecule has 0 N–H and O–H groups in total. The summed E-state index contributed by atoms with van der Waals surface area (Å²) < 4.78 is 11.3. The van der Waals surface area contributed by atoms with Gasteiger partial charge in [0, 0.05) is 0 Å². The van der Waals surface area contributed by atoms with Crippen LogP contribution in [0.1, 0.15) is 79.1 Å². The SMILES string of the molecule is CC(CC1C2CCC(C2)C1C)C(=O)OCOC1CCC(C(C)C)CC1. The molecule has 3 aliphatic carbocycles. The molecule has 5 atom stereocenters. The number of fused-ring (bicyclic) bond motifs is 2. The fraction of sp³-hybridized carbons (Fsp3) is 0.955. The summed E-state index contributed by atoms with van der Waals surface area (Å²) >= 11 is 0. The molecule has 0 spiro atoms. The highest BCUT2D eigenvalue weighted by atomic mass is 16.7. The molecule has 5 unspecified atom stereocenters. The van der Waals surface area contributed by atoms with Crippen molar-refractivity contribution in [1.29, 1.82) is 0 Å². The normalized spacial score (nSPS) is 38.9. The van der Waals surface area contributed by atoms with Crippen LogP contribution >= 0.6 is 0 Å². The lowest BCUT2D eigenvalue weighted by Gasteiger charge is -2.31. The van der Waals surface area contributed by atoms with Gasteiger partial charge in [-0.25, -0.2) is 0 Å². The van der Waals surface area contributed by atoms with E-state index in [0.29, 0.717) is 0 Å².